The minimum Gasteiger partial charge on any atom is -0.493 e. The lowest BCUT2D eigenvalue weighted by Gasteiger charge is -2.08. The van der Waals surface area contributed by atoms with Crippen molar-refractivity contribution in [2.24, 2.45) is 0 Å². The molecule has 0 aromatic heterocycles. The van der Waals surface area contributed by atoms with Crippen molar-refractivity contribution in [1.82, 2.24) is 4.90 Å². The number of carbonyl (C=O) groups excluding carboxylic acids is 2. The van der Waals surface area contributed by atoms with Gasteiger partial charge in [0.25, 0.3) is 11.1 Å². The van der Waals surface area contributed by atoms with Gasteiger partial charge >= 0.3 is 0 Å². The van der Waals surface area contributed by atoms with Crippen LogP contribution in [-0.2, 0) is 4.79 Å². The predicted octanol–water partition coefficient (Wildman–Crippen LogP) is 1.69. The van der Waals surface area contributed by atoms with E-state index in [1.54, 1.807) is 24.3 Å². The summed E-state index contributed by atoms with van der Waals surface area (Å²) in [5.74, 6) is 0.605. The van der Waals surface area contributed by atoms with E-state index in [4.69, 9.17) is 14.6 Å². The lowest BCUT2D eigenvalue weighted by atomic mass is 10.2. The second kappa shape index (κ2) is 5.98. The zero-order valence-electron chi connectivity index (χ0n) is 11.0. The van der Waals surface area contributed by atoms with Gasteiger partial charge in [-0.05, 0) is 35.5 Å². The van der Waals surface area contributed by atoms with Gasteiger partial charge in [0.2, 0.25) is 0 Å². The number of amides is 2. The van der Waals surface area contributed by atoms with Gasteiger partial charge in [0, 0.05) is 0 Å². The van der Waals surface area contributed by atoms with Gasteiger partial charge in [-0.15, -0.1) is 0 Å². The molecule has 1 aromatic rings. The number of ether oxygens (including phenoxy) is 2. The molecule has 0 aliphatic carbocycles. The first-order chi connectivity index (χ1) is 9.60. The SMILES string of the molecule is COc1ccc(/C=C2/SC(=O)N(CO)C2=O)cc1OC. The average Bonchev–Trinajstić information content (AvgIpc) is 2.72. The highest BCUT2D eigenvalue weighted by Gasteiger charge is 2.34. The summed E-state index contributed by atoms with van der Waals surface area (Å²) in [4.78, 5) is 24.3. The Morgan fingerprint density at radius 1 is 1.25 bits per heavy atom. The monoisotopic (exact) mass is 295 g/mol. The van der Waals surface area contributed by atoms with Crippen LogP contribution in [0.2, 0.25) is 0 Å². The van der Waals surface area contributed by atoms with Crippen molar-refractivity contribution in [3.63, 3.8) is 0 Å². The van der Waals surface area contributed by atoms with Crippen LogP contribution in [0.4, 0.5) is 4.79 Å². The van der Waals surface area contributed by atoms with Crippen LogP contribution in [0.1, 0.15) is 5.56 Å². The van der Waals surface area contributed by atoms with Gasteiger partial charge in [0.05, 0.1) is 19.1 Å². The molecule has 0 bridgehead atoms. The molecular formula is C13H13NO5S. The normalized spacial score (nSPS) is 16.9. The second-order valence-corrected chi connectivity index (χ2v) is 4.86. The van der Waals surface area contributed by atoms with E-state index >= 15 is 0 Å². The zero-order valence-corrected chi connectivity index (χ0v) is 11.8. The Labute approximate surface area is 120 Å². The van der Waals surface area contributed by atoms with Gasteiger partial charge in [-0.2, -0.15) is 0 Å². The number of aliphatic hydroxyl groups excluding tert-OH is 1. The smallest absolute Gasteiger partial charge is 0.295 e. The number of nitrogens with zero attached hydrogens (tertiary/aromatic N) is 1. The molecule has 0 saturated carbocycles. The third kappa shape index (κ3) is 2.63. The summed E-state index contributed by atoms with van der Waals surface area (Å²) in [6.07, 6.45) is 1.57. The van der Waals surface area contributed by atoms with Crippen molar-refractivity contribution in [2.75, 3.05) is 21.0 Å². The Morgan fingerprint density at radius 2 is 1.95 bits per heavy atom. The van der Waals surface area contributed by atoms with Crippen LogP contribution < -0.4 is 9.47 Å². The molecule has 2 amide bonds. The summed E-state index contributed by atoms with van der Waals surface area (Å²) in [6, 6.07) is 5.15. The maximum atomic E-state index is 11.8. The van der Waals surface area contributed by atoms with Crippen molar-refractivity contribution in [1.29, 1.82) is 0 Å². The van der Waals surface area contributed by atoms with E-state index in [1.165, 1.54) is 14.2 Å². The van der Waals surface area contributed by atoms with Gasteiger partial charge in [-0.1, -0.05) is 6.07 Å². The average molecular weight is 295 g/mol. The minimum absolute atomic E-state index is 0.260. The molecule has 20 heavy (non-hydrogen) atoms. The molecule has 1 N–H and O–H groups in total. The Kier molecular flexibility index (Phi) is 4.31. The summed E-state index contributed by atoms with van der Waals surface area (Å²) in [6.45, 7) is -0.617. The number of carbonyl (C=O) groups is 2. The van der Waals surface area contributed by atoms with Gasteiger partial charge in [-0.3, -0.25) is 9.59 Å². The Bertz CT molecular complexity index is 584. The van der Waals surface area contributed by atoms with Crippen LogP contribution in [-0.4, -0.2) is 42.1 Å². The number of benzene rings is 1. The number of hydrogen-bond acceptors (Lipinski definition) is 6. The van der Waals surface area contributed by atoms with E-state index in [0.717, 1.165) is 16.7 Å². The summed E-state index contributed by atoms with van der Waals surface area (Å²) >= 11 is 0.791. The van der Waals surface area contributed by atoms with Crippen LogP contribution in [0.3, 0.4) is 0 Å². The van der Waals surface area contributed by atoms with Gasteiger partial charge in [0.1, 0.15) is 6.73 Å². The maximum Gasteiger partial charge on any atom is 0.295 e. The fraction of sp³-hybridized carbons (Fsp3) is 0.231. The number of hydrogen-bond donors (Lipinski definition) is 1. The molecule has 6 nitrogen and oxygen atoms in total. The lowest BCUT2D eigenvalue weighted by Crippen LogP contribution is -2.28. The van der Waals surface area contributed by atoms with Crippen molar-refractivity contribution in [2.45, 2.75) is 0 Å². The van der Waals surface area contributed by atoms with E-state index in [9.17, 15) is 9.59 Å². The summed E-state index contributed by atoms with van der Waals surface area (Å²) in [7, 11) is 3.05. The van der Waals surface area contributed by atoms with Crippen LogP contribution in [0.15, 0.2) is 23.1 Å². The first-order valence-corrected chi connectivity index (χ1v) is 6.50. The molecule has 0 unspecified atom stereocenters. The highest BCUT2D eigenvalue weighted by Crippen LogP contribution is 2.34. The van der Waals surface area contributed by atoms with Crippen LogP contribution in [0.5, 0.6) is 11.5 Å². The third-order valence-electron chi connectivity index (χ3n) is 2.72. The van der Waals surface area contributed by atoms with E-state index in [-0.39, 0.29) is 4.91 Å². The molecule has 7 heteroatoms. The number of thioether (sulfide) groups is 1. The third-order valence-corrected chi connectivity index (χ3v) is 3.63. The molecule has 0 radical (unpaired) electrons. The molecule has 1 aliphatic rings. The summed E-state index contributed by atoms with van der Waals surface area (Å²) in [5.41, 5.74) is 0.700. The fourth-order valence-corrected chi connectivity index (χ4v) is 2.55. The predicted molar refractivity (Wildman–Crippen MR) is 74.4 cm³/mol. The number of imide groups is 1. The van der Waals surface area contributed by atoms with Crippen LogP contribution in [0.25, 0.3) is 6.08 Å². The molecule has 2 rings (SSSR count). The molecule has 0 atom stereocenters. The van der Waals surface area contributed by atoms with Crippen molar-refractivity contribution in [3.8, 4) is 11.5 Å². The molecule has 1 aromatic carbocycles. The molecule has 106 valence electrons. The molecular weight excluding hydrogens is 282 g/mol. The Balaban J connectivity index is 2.32. The first-order valence-electron chi connectivity index (χ1n) is 5.69. The number of aliphatic hydroxyl groups is 1. The fourth-order valence-electron chi connectivity index (χ4n) is 1.72. The van der Waals surface area contributed by atoms with Crippen LogP contribution in [0, 0.1) is 0 Å². The van der Waals surface area contributed by atoms with Gasteiger partial charge < -0.3 is 14.6 Å². The largest absolute Gasteiger partial charge is 0.493 e. The molecule has 0 spiro atoms. The topological polar surface area (TPSA) is 76.1 Å². The molecule has 1 heterocycles. The Morgan fingerprint density at radius 3 is 2.50 bits per heavy atom. The number of rotatable bonds is 4. The highest BCUT2D eigenvalue weighted by molar-refractivity contribution is 8.18. The van der Waals surface area contributed by atoms with Crippen molar-refractivity contribution < 1.29 is 24.2 Å². The summed E-state index contributed by atoms with van der Waals surface area (Å²) in [5, 5.41) is 8.47. The maximum absolute atomic E-state index is 11.8. The van der Waals surface area contributed by atoms with Gasteiger partial charge in [0.15, 0.2) is 11.5 Å². The quantitative estimate of drug-likeness (QED) is 0.852. The lowest BCUT2D eigenvalue weighted by molar-refractivity contribution is -0.125. The van der Waals surface area contributed by atoms with Crippen molar-refractivity contribution in [3.05, 3.63) is 28.7 Å². The molecule has 1 fully saturated rings. The van der Waals surface area contributed by atoms with E-state index < -0.39 is 17.9 Å². The zero-order chi connectivity index (χ0) is 14.7. The summed E-state index contributed by atoms with van der Waals surface area (Å²) < 4.78 is 10.3. The van der Waals surface area contributed by atoms with E-state index in [1.807, 2.05) is 0 Å². The van der Waals surface area contributed by atoms with Gasteiger partial charge in [-0.25, -0.2) is 4.90 Å². The van der Waals surface area contributed by atoms with E-state index in [2.05, 4.69) is 0 Å². The molecule has 1 aliphatic heterocycles. The van der Waals surface area contributed by atoms with Crippen molar-refractivity contribution >= 4 is 29.0 Å². The second-order valence-electron chi connectivity index (χ2n) is 3.87. The Hall–Kier alpha value is -1.99. The highest BCUT2D eigenvalue weighted by atomic mass is 32.2. The first kappa shape index (κ1) is 14.4. The van der Waals surface area contributed by atoms with Crippen LogP contribution >= 0.6 is 11.8 Å². The number of methoxy groups -OCH3 is 2. The van der Waals surface area contributed by atoms with E-state index in [0.29, 0.717) is 17.1 Å². The standard InChI is InChI=1S/C13H13NO5S/c1-18-9-4-3-8(5-10(9)19-2)6-11-12(16)14(7-15)13(17)20-11/h3-6,15H,7H2,1-2H3/b11-6+. The minimum atomic E-state index is -0.617. The molecule has 1 saturated heterocycles.